The van der Waals surface area contributed by atoms with Gasteiger partial charge in [-0.2, -0.15) is 4.98 Å². The zero-order valence-electron chi connectivity index (χ0n) is 11.3. The van der Waals surface area contributed by atoms with Gasteiger partial charge < -0.3 is 9.84 Å². The van der Waals surface area contributed by atoms with Gasteiger partial charge in [-0.25, -0.2) is 4.98 Å². The van der Waals surface area contributed by atoms with Gasteiger partial charge in [0, 0.05) is 19.0 Å². The monoisotopic (exact) mass is 334 g/mol. The fourth-order valence-electron chi connectivity index (χ4n) is 1.74. The summed E-state index contributed by atoms with van der Waals surface area (Å²) in [6, 6.07) is 7.14. The van der Waals surface area contributed by atoms with Crippen LogP contribution in [0.4, 0.5) is 5.82 Å². The average Bonchev–Trinajstić information content (AvgIpc) is 3.18. The van der Waals surface area contributed by atoms with E-state index in [-0.39, 0.29) is 12.3 Å². The van der Waals surface area contributed by atoms with E-state index in [2.05, 4.69) is 20.4 Å². The van der Waals surface area contributed by atoms with E-state index in [0.29, 0.717) is 29.0 Å². The topological polar surface area (TPSA) is 80.9 Å². The zero-order valence-corrected chi connectivity index (χ0v) is 12.9. The van der Waals surface area contributed by atoms with Crippen molar-refractivity contribution in [1.29, 1.82) is 0 Å². The number of anilines is 1. The molecule has 0 radical (unpaired) electrons. The lowest BCUT2D eigenvalue weighted by Crippen LogP contribution is -2.13. The minimum Gasteiger partial charge on any atom is -0.339 e. The lowest BCUT2D eigenvalue weighted by molar-refractivity contribution is -0.116. The molecular weight excluding hydrogens is 324 g/mol. The molecule has 0 spiro atoms. The minimum atomic E-state index is -0.175. The summed E-state index contributed by atoms with van der Waals surface area (Å²) >= 11 is 7.27. The van der Waals surface area contributed by atoms with E-state index in [0.717, 1.165) is 4.88 Å². The van der Waals surface area contributed by atoms with Gasteiger partial charge in [0.15, 0.2) is 0 Å². The highest BCUT2D eigenvalue weighted by Crippen LogP contribution is 2.21. The summed E-state index contributed by atoms with van der Waals surface area (Å²) in [6.07, 6.45) is 2.08. The third kappa shape index (κ3) is 3.69. The van der Waals surface area contributed by atoms with Crippen LogP contribution in [0.3, 0.4) is 0 Å². The van der Waals surface area contributed by atoms with Crippen LogP contribution in [0, 0.1) is 0 Å². The van der Waals surface area contributed by atoms with Gasteiger partial charge in [-0.15, -0.1) is 11.3 Å². The molecule has 0 saturated heterocycles. The van der Waals surface area contributed by atoms with Crippen molar-refractivity contribution < 1.29 is 9.32 Å². The van der Waals surface area contributed by atoms with Gasteiger partial charge in [0.25, 0.3) is 0 Å². The number of nitrogens with zero attached hydrogens (tertiary/aromatic N) is 3. The Labute approximate surface area is 135 Å². The number of hydrogen-bond acceptors (Lipinski definition) is 6. The standard InChI is InChI=1S/C14H11ClN4O2S/c15-9-3-4-11(16-8-9)17-12(20)5-6-13-18-14(19-21-13)10-2-1-7-22-10/h1-4,7-8H,5-6H2,(H,16,17,20). The Hall–Kier alpha value is -2.25. The van der Waals surface area contributed by atoms with Gasteiger partial charge in [0.2, 0.25) is 17.6 Å². The molecule has 0 saturated carbocycles. The molecular formula is C14H11ClN4O2S. The molecule has 0 atom stereocenters. The fourth-order valence-corrected chi connectivity index (χ4v) is 2.50. The third-order valence-electron chi connectivity index (χ3n) is 2.77. The van der Waals surface area contributed by atoms with E-state index in [4.69, 9.17) is 16.1 Å². The molecule has 0 aromatic carbocycles. The fraction of sp³-hybridized carbons (Fsp3) is 0.143. The van der Waals surface area contributed by atoms with Crippen LogP contribution in [0.25, 0.3) is 10.7 Å². The van der Waals surface area contributed by atoms with Gasteiger partial charge in [0.1, 0.15) is 5.82 Å². The predicted molar refractivity (Wildman–Crippen MR) is 83.8 cm³/mol. The normalized spacial score (nSPS) is 10.6. The van der Waals surface area contributed by atoms with Crippen molar-refractivity contribution in [2.45, 2.75) is 12.8 Å². The molecule has 6 nitrogen and oxygen atoms in total. The average molecular weight is 335 g/mol. The summed E-state index contributed by atoms with van der Waals surface area (Å²) in [7, 11) is 0. The van der Waals surface area contributed by atoms with Crippen molar-refractivity contribution in [2.24, 2.45) is 0 Å². The number of aryl methyl sites for hydroxylation is 1. The van der Waals surface area contributed by atoms with Crippen LogP contribution < -0.4 is 5.32 Å². The quantitative estimate of drug-likeness (QED) is 0.773. The molecule has 3 aromatic rings. The van der Waals surface area contributed by atoms with Crippen molar-refractivity contribution >= 4 is 34.7 Å². The van der Waals surface area contributed by atoms with Crippen LogP contribution in [0.5, 0.6) is 0 Å². The molecule has 3 aromatic heterocycles. The van der Waals surface area contributed by atoms with Crippen LogP contribution >= 0.6 is 22.9 Å². The highest BCUT2D eigenvalue weighted by Gasteiger charge is 2.11. The second-order valence-corrected chi connectivity index (χ2v) is 5.78. The van der Waals surface area contributed by atoms with Crippen molar-refractivity contribution in [3.05, 3.63) is 46.8 Å². The number of amides is 1. The van der Waals surface area contributed by atoms with Gasteiger partial charge in [0.05, 0.1) is 9.90 Å². The molecule has 0 fully saturated rings. The first kappa shape index (κ1) is 14.7. The van der Waals surface area contributed by atoms with Crippen LogP contribution in [0.15, 0.2) is 40.4 Å². The summed E-state index contributed by atoms with van der Waals surface area (Å²) in [5, 5.41) is 9.03. The maximum absolute atomic E-state index is 11.8. The van der Waals surface area contributed by atoms with E-state index < -0.39 is 0 Å². The number of nitrogens with one attached hydrogen (secondary N) is 1. The van der Waals surface area contributed by atoms with Crippen LogP contribution in [-0.2, 0) is 11.2 Å². The van der Waals surface area contributed by atoms with E-state index in [9.17, 15) is 4.79 Å². The first-order chi connectivity index (χ1) is 10.7. The number of carbonyl (C=O) groups excluding carboxylic acids is 1. The van der Waals surface area contributed by atoms with Gasteiger partial charge in [-0.05, 0) is 23.6 Å². The van der Waals surface area contributed by atoms with Crippen molar-refractivity contribution in [2.75, 3.05) is 5.32 Å². The molecule has 0 aliphatic carbocycles. The predicted octanol–water partition coefficient (Wildman–Crippen LogP) is 3.42. The number of aromatic nitrogens is 3. The molecule has 112 valence electrons. The van der Waals surface area contributed by atoms with E-state index in [1.54, 1.807) is 12.1 Å². The maximum atomic E-state index is 11.8. The Morgan fingerprint density at radius 2 is 2.27 bits per heavy atom. The summed E-state index contributed by atoms with van der Waals surface area (Å²) < 4.78 is 5.14. The van der Waals surface area contributed by atoms with Crippen LogP contribution in [0.2, 0.25) is 5.02 Å². The summed E-state index contributed by atoms with van der Waals surface area (Å²) in [6.45, 7) is 0. The van der Waals surface area contributed by atoms with Crippen LogP contribution in [-0.4, -0.2) is 21.0 Å². The van der Waals surface area contributed by atoms with Gasteiger partial charge >= 0.3 is 0 Å². The minimum absolute atomic E-state index is 0.175. The molecule has 22 heavy (non-hydrogen) atoms. The van der Waals surface area contributed by atoms with Crippen LogP contribution in [0.1, 0.15) is 12.3 Å². The van der Waals surface area contributed by atoms with Gasteiger partial charge in [-0.1, -0.05) is 22.8 Å². The van der Waals surface area contributed by atoms with E-state index in [1.165, 1.54) is 17.5 Å². The molecule has 1 N–H and O–H groups in total. The Morgan fingerprint density at radius 1 is 1.36 bits per heavy atom. The first-order valence-corrected chi connectivity index (χ1v) is 7.74. The number of thiophene rings is 1. The Morgan fingerprint density at radius 3 is 3.00 bits per heavy atom. The molecule has 0 aliphatic heterocycles. The van der Waals surface area contributed by atoms with Crippen molar-refractivity contribution in [3.63, 3.8) is 0 Å². The second kappa shape index (κ2) is 6.67. The largest absolute Gasteiger partial charge is 0.339 e. The highest BCUT2D eigenvalue weighted by molar-refractivity contribution is 7.13. The summed E-state index contributed by atoms with van der Waals surface area (Å²) in [4.78, 5) is 21.0. The summed E-state index contributed by atoms with van der Waals surface area (Å²) in [5.74, 6) is 1.26. The SMILES string of the molecule is O=C(CCc1nc(-c2cccs2)no1)Nc1ccc(Cl)cn1. The molecule has 3 rings (SSSR count). The van der Waals surface area contributed by atoms with E-state index in [1.807, 2.05) is 17.5 Å². The zero-order chi connectivity index (χ0) is 15.4. The van der Waals surface area contributed by atoms with E-state index >= 15 is 0 Å². The highest BCUT2D eigenvalue weighted by atomic mass is 35.5. The summed E-state index contributed by atoms with van der Waals surface area (Å²) in [5.41, 5.74) is 0. The maximum Gasteiger partial charge on any atom is 0.227 e. The number of hydrogen-bond donors (Lipinski definition) is 1. The Bertz CT molecular complexity index is 756. The third-order valence-corrected chi connectivity index (χ3v) is 3.86. The molecule has 1 amide bonds. The molecule has 0 aliphatic rings. The molecule has 8 heteroatoms. The number of carbonyl (C=O) groups is 1. The molecule has 0 bridgehead atoms. The van der Waals surface area contributed by atoms with Crippen molar-refractivity contribution in [1.82, 2.24) is 15.1 Å². The second-order valence-electron chi connectivity index (χ2n) is 4.40. The smallest absolute Gasteiger partial charge is 0.227 e. The Kier molecular flexibility index (Phi) is 4.45. The number of halogens is 1. The first-order valence-electron chi connectivity index (χ1n) is 6.48. The number of rotatable bonds is 5. The lowest BCUT2D eigenvalue weighted by atomic mass is 10.3. The molecule has 3 heterocycles. The number of pyridine rings is 1. The molecule has 0 unspecified atom stereocenters. The lowest BCUT2D eigenvalue weighted by Gasteiger charge is -2.02. The Balaban J connectivity index is 1.54. The van der Waals surface area contributed by atoms with Gasteiger partial charge in [-0.3, -0.25) is 4.79 Å². The van der Waals surface area contributed by atoms with Crippen molar-refractivity contribution in [3.8, 4) is 10.7 Å².